The van der Waals surface area contributed by atoms with Crippen LogP contribution < -0.4 is 0 Å². The van der Waals surface area contributed by atoms with E-state index in [1.54, 1.807) is 0 Å². The number of hydrogen-bond acceptors (Lipinski definition) is 4. The summed E-state index contributed by atoms with van der Waals surface area (Å²) < 4.78 is 4.61. The lowest BCUT2D eigenvalue weighted by molar-refractivity contribution is 1.05. The second-order valence-corrected chi connectivity index (χ2v) is 13.9. The summed E-state index contributed by atoms with van der Waals surface area (Å²) in [5.41, 5.74) is 10.7. The van der Waals surface area contributed by atoms with E-state index in [9.17, 15) is 0 Å². The topological polar surface area (TPSA) is 61.4 Å². The van der Waals surface area contributed by atoms with Gasteiger partial charge in [-0.1, -0.05) is 133 Å². The molecule has 56 heavy (non-hydrogen) atoms. The highest BCUT2D eigenvalue weighted by atomic mass is 15.1. The molecule has 0 spiro atoms. The van der Waals surface area contributed by atoms with Gasteiger partial charge in [-0.05, 0) is 65.7 Å². The van der Waals surface area contributed by atoms with Crippen LogP contribution in [0.5, 0.6) is 0 Å². The summed E-state index contributed by atoms with van der Waals surface area (Å²) >= 11 is 0. The van der Waals surface area contributed by atoms with Crippen molar-refractivity contribution in [1.29, 1.82) is 0 Å². The standard InChI is InChI=1S/C50H32N6/c1-4-14-33(15-5-1)48-52-49(34-16-6-2-7-17-34)54-50(53-48)37-28-29-51-47(32-37)56-44-23-13-10-20-39(44)41-26-24-36(31-46(41)56)35-25-27-45-42(30-35)40-21-11-12-22-43(40)55(45)38-18-8-3-9-19-38/h1-32H. The summed E-state index contributed by atoms with van der Waals surface area (Å²) in [5.74, 6) is 2.62. The molecule has 0 aliphatic rings. The van der Waals surface area contributed by atoms with E-state index in [1.165, 1.54) is 27.2 Å². The first-order chi connectivity index (χ1) is 27.8. The number of benzene rings is 7. The third kappa shape index (κ3) is 5.27. The van der Waals surface area contributed by atoms with Gasteiger partial charge < -0.3 is 4.57 Å². The Morgan fingerprint density at radius 3 is 1.48 bits per heavy atom. The molecular formula is C50H32N6. The first kappa shape index (κ1) is 31.8. The molecule has 6 nitrogen and oxygen atoms in total. The highest BCUT2D eigenvalue weighted by Gasteiger charge is 2.18. The molecule has 4 heterocycles. The van der Waals surface area contributed by atoms with E-state index >= 15 is 0 Å². The first-order valence-corrected chi connectivity index (χ1v) is 18.7. The number of para-hydroxylation sites is 3. The molecule has 0 radical (unpaired) electrons. The van der Waals surface area contributed by atoms with Gasteiger partial charge in [0.05, 0.1) is 22.1 Å². The minimum Gasteiger partial charge on any atom is -0.309 e. The summed E-state index contributed by atoms with van der Waals surface area (Å²) in [6, 6.07) is 65.6. The molecule has 0 saturated carbocycles. The minimum atomic E-state index is 0.589. The highest BCUT2D eigenvalue weighted by Crippen LogP contribution is 2.38. The van der Waals surface area contributed by atoms with Gasteiger partial charge in [0.1, 0.15) is 5.82 Å². The molecule has 0 N–H and O–H groups in total. The zero-order valence-corrected chi connectivity index (χ0v) is 30.2. The van der Waals surface area contributed by atoms with E-state index in [-0.39, 0.29) is 0 Å². The van der Waals surface area contributed by atoms with Gasteiger partial charge in [-0.2, -0.15) is 0 Å². The molecule has 11 rings (SSSR count). The maximum absolute atomic E-state index is 5.01. The van der Waals surface area contributed by atoms with Crippen molar-refractivity contribution in [2.45, 2.75) is 0 Å². The quantitative estimate of drug-likeness (QED) is 0.172. The van der Waals surface area contributed by atoms with E-state index in [2.05, 4.69) is 130 Å². The van der Waals surface area contributed by atoms with E-state index in [0.717, 1.165) is 55.7 Å². The Hall–Kier alpha value is -7.70. The molecule has 7 aromatic carbocycles. The Kier molecular flexibility index (Phi) is 7.38. The number of nitrogens with zero attached hydrogens (tertiary/aromatic N) is 6. The SMILES string of the molecule is c1ccc(-c2nc(-c3ccccc3)nc(-c3ccnc(-n4c5ccccc5c5ccc(-c6ccc7c(c6)c6ccccc6n7-c6ccccc6)cc54)c3)n2)cc1. The van der Waals surface area contributed by atoms with Crippen LogP contribution in [-0.4, -0.2) is 29.1 Å². The van der Waals surface area contributed by atoms with Crippen molar-refractivity contribution in [2.75, 3.05) is 0 Å². The molecule has 4 aromatic heterocycles. The molecule has 11 aromatic rings. The predicted molar refractivity (Wildman–Crippen MR) is 228 cm³/mol. The molecule has 0 aliphatic carbocycles. The highest BCUT2D eigenvalue weighted by molar-refractivity contribution is 6.12. The van der Waals surface area contributed by atoms with Gasteiger partial charge in [-0.3, -0.25) is 4.57 Å². The number of hydrogen-bond donors (Lipinski definition) is 0. The molecular weight excluding hydrogens is 685 g/mol. The summed E-state index contributed by atoms with van der Waals surface area (Å²) in [6.07, 6.45) is 1.85. The maximum Gasteiger partial charge on any atom is 0.164 e. The first-order valence-electron chi connectivity index (χ1n) is 18.7. The minimum absolute atomic E-state index is 0.589. The fraction of sp³-hybridized carbons (Fsp3) is 0. The van der Waals surface area contributed by atoms with Crippen LogP contribution >= 0.6 is 0 Å². The van der Waals surface area contributed by atoms with Crippen molar-refractivity contribution >= 4 is 43.6 Å². The van der Waals surface area contributed by atoms with Crippen LogP contribution in [0.15, 0.2) is 194 Å². The summed E-state index contributed by atoms with van der Waals surface area (Å²) in [7, 11) is 0. The average molecular weight is 717 g/mol. The van der Waals surface area contributed by atoms with E-state index in [1.807, 2.05) is 72.9 Å². The monoisotopic (exact) mass is 716 g/mol. The third-order valence-electron chi connectivity index (χ3n) is 10.6. The van der Waals surface area contributed by atoms with Crippen molar-refractivity contribution < 1.29 is 0 Å². The summed E-state index contributed by atoms with van der Waals surface area (Å²) in [6.45, 7) is 0. The van der Waals surface area contributed by atoms with Gasteiger partial charge >= 0.3 is 0 Å². The predicted octanol–water partition coefficient (Wildman–Crippen LogP) is 12.1. The normalized spacial score (nSPS) is 11.6. The lowest BCUT2D eigenvalue weighted by Crippen LogP contribution is -2.02. The summed E-state index contributed by atoms with van der Waals surface area (Å²) in [5, 5.41) is 4.78. The Bertz CT molecular complexity index is 3180. The molecule has 0 bridgehead atoms. The average Bonchev–Trinajstić information content (AvgIpc) is 3.79. The van der Waals surface area contributed by atoms with Crippen LogP contribution in [0.2, 0.25) is 0 Å². The number of pyridine rings is 1. The molecule has 0 aliphatic heterocycles. The molecule has 0 unspecified atom stereocenters. The van der Waals surface area contributed by atoms with Crippen LogP contribution in [0.3, 0.4) is 0 Å². The lowest BCUT2D eigenvalue weighted by atomic mass is 10.0. The van der Waals surface area contributed by atoms with Gasteiger partial charge in [-0.25, -0.2) is 19.9 Å². The maximum atomic E-state index is 5.01. The van der Waals surface area contributed by atoms with E-state index in [4.69, 9.17) is 19.9 Å². The fourth-order valence-electron chi connectivity index (χ4n) is 8.02. The van der Waals surface area contributed by atoms with Crippen LogP contribution in [0.1, 0.15) is 0 Å². The second-order valence-electron chi connectivity index (χ2n) is 13.9. The lowest BCUT2D eigenvalue weighted by Gasteiger charge is -2.11. The number of rotatable bonds is 6. The van der Waals surface area contributed by atoms with E-state index < -0.39 is 0 Å². The van der Waals surface area contributed by atoms with Crippen molar-refractivity contribution in [1.82, 2.24) is 29.1 Å². The number of aromatic nitrogens is 6. The van der Waals surface area contributed by atoms with Crippen LogP contribution in [0.25, 0.3) is 100 Å². The zero-order valence-electron chi connectivity index (χ0n) is 30.2. The van der Waals surface area contributed by atoms with Crippen molar-refractivity contribution in [3.05, 3.63) is 194 Å². The Labute approximate surface area is 322 Å². The van der Waals surface area contributed by atoms with Crippen LogP contribution in [0, 0.1) is 0 Å². The molecule has 0 fully saturated rings. The Balaban J connectivity index is 1.08. The van der Waals surface area contributed by atoms with E-state index in [0.29, 0.717) is 17.5 Å². The summed E-state index contributed by atoms with van der Waals surface area (Å²) in [4.78, 5) is 19.9. The van der Waals surface area contributed by atoms with Crippen molar-refractivity contribution in [2.24, 2.45) is 0 Å². The second kappa shape index (κ2) is 13.0. The van der Waals surface area contributed by atoms with Gasteiger partial charge in [0, 0.05) is 50.1 Å². The molecule has 0 amide bonds. The molecule has 0 saturated heterocycles. The number of fused-ring (bicyclic) bond motifs is 6. The fourth-order valence-corrected chi connectivity index (χ4v) is 8.02. The van der Waals surface area contributed by atoms with Crippen LogP contribution in [0.4, 0.5) is 0 Å². The van der Waals surface area contributed by atoms with Gasteiger partial charge in [-0.15, -0.1) is 0 Å². The van der Waals surface area contributed by atoms with Crippen LogP contribution in [-0.2, 0) is 0 Å². The third-order valence-corrected chi connectivity index (χ3v) is 10.6. The molecule has 0 atom stereocenters. The zero-order chi connectivity index (χ0) is 37.0. The van der Waals surface area contributed by atoms with Gasteiger partial charge in [0.2, 0.25) is 0 Å². The Morgan fingerprint density at radius 2 is 0.804 bits per heavy atom. The van der Waals surface area contributed by atoms with Crippen molar-refractivity contribution in [3.63, 3.8) is 0 Å². The van der Waals surface area contributed by atoms with Crippen molar-refractivity contribution in [3.8, 4) is 56.8 Å². The Morgan fingerprint density at radius 1 is 0.304 bits per heavy atom. The molecule has 262 valence electrons. The van der Waals surface area contributed by atoms with Gasteiger partial charge in [0.25, 0.3) is 0 Å². The molecule has 6 heteroatoms. The van der Waals surface area contributed by atoms with Gasteiger partial charge in [0.15, 0.2) is 17.5 Å². The smallest absolute Gasteiger partial charge is 0.164 e. The largest absolute Gasteiger partial charge is 0.309 e.